The van der Waals surface area contributed by atoms with Crippen LogP contribution in [0.25, 0.3) is 16.4 Å². The third-order valence-electron chi connectivity index (χ3n) is 5.74. The van der Waals surface area contributed by atoms with Gasteiger partial charge in [0.05, 0.1) is 41.1 Å². The summed E-state index contributed by atoms with van der Waals surface area (Å²) >= 11 is 0. The number of aliphatic imine (C=N–C) groups is 2. The van der Waals surface area contributed by atoms with E-state index in [-0.39, 0.29) is 0 Å². The average molecular weight is 759 g/mol. The van der Waals surface area contributed by atoms with Gasteiger partial charge in [-0.05, 0) is 63.1 Å². The lowest BCUT2D eigenvalue weighted by atomic mass is 10.0. The topological polar surface area (TPSA) is 70.7 Å². The Morgan fingerprint density at radius 3 is 1.32 bits per heavy atom. The fourth-order valence-corrected chi connectivity index (χ4v) is 3.85. The molecule has 0 radical (unpaired) electrons. The van der Waals surface area contributed by atoms with Crippen molar-refractivity contribution < 1.29 is 0 Å². The normalized spacial score (nSPS) is 12.0. The van der Waals surface area contributed by atoms with Crippen LogP contribution in [0.3, 0.4) is 0 Å². The highest BCUT2D eigenvalue weighted by Gasteiger charge is 2.03. The van der Waals surface area contributed by atoms with Gasteiger partial charge in [-0.15, -0.1) is 0 Å². The number of hydrogen-bond acceptors (Lipinski definition) is 4. The van der Waals surface area contributed by atoms with Crippen molar-refractivity contribution in [1.82, 2.24) is 19.6 Å². The molecule has 5 heterocycles. The first-order chi connectivity index (χ1) is 25.9. The molecule has 2 aliphatic rings. The molecular weight excluding hydrogens is 685 g/mol. The zero-order chi connectivity index (χ0) is 42.4. The standard InChI is InChI=1S/2C8H7N.2C7H6N2.4C5H12/c2*1-2-4-8-7(3-1)5-6-9-8;1-2-4-9-6-8-5-7(9)3-1;1-2-4-7-6(3-1)5-8-9-7;4*1-5(2,3)4/h2*1-4,6H,5H2;1-6H;1-5H,(H,8,9);4*1-4H3. The van der Waals surface area contributed by atoms with Crippen molar-refractivity contribution in [2.75, 3.05) is 0 Å². The Bertz CT molecular complexity index is 1730. The van der Waals surface area contributed by atoms with Gasteiger partial charge in [0.15, 0.2) is 0 Å². The Balaban J connectivity index is 0.000000326. The summed E-state index contributed by atoms with van der Waals surface area (Å²) in [6.07, 6.45) is 13.3. The molecule has 56 heavy (non-hydrogen) atoms. The lowest BCUT2D eigenvalue weighted by molar-refractivity contribution is 0.469. The number of H-pyrrole nitrogens is 1. The van der Waals surface area contributed by atoms with Gasteiger partial charge in [-0.25, -0.2) is 4.98 Å². The quantitative estimate of drug-likeness (QED) is 0.168. The van der Waals surface area contributed by atoms with Crippen LogP contribution in [0.15, 0.2) is 126 Å². The summed E-state index contributed by atoms with van der Waals surface area (Å²) in [4.78, 5) is 12.3. The number of rotatable bonds is 0. The monoisotopic (exact) mass is 759 g/mol. The molecule has 8 rings (SSSR count). The molecule has 6 nitrogen and oxygen atoms in total. The average Bonchev–Trinajstić information content (AvgIpc) is 3.89. The molecule has 3 aromatic heterocycles. The second-order valence-electron chi connectivity index (χ2n) is 20.2. The Kier molecular flexibility index (Phi) is 21.0. The van der Waals surface area contributed by atoms with E-state index in [0.29, 0.717) is 21.7 Å². The van der Waals surface area contributed by atoms with Crippen molar-refractivity contribution in [2.45, 2.75) is 124 Å². The second kappa shape index (κ2) is 23.9. The van der Waals surface area contributed by atoms with Crippen LogP contribution in [0.1, 0.15) is 122 Å². The van der Waals surface area contributed by atoms with E-state index in [0.717, 1.165) is 40.6 Å². The van der Waals surface area contributed by atoms with Crippen molar-refractivity contribution in [3.63, 3.8) is 0 Å². The molecule has 0 atom stereocenters. The summed E-state index contributed by atoms with van der Waals surface area (Å²) in [6, 6.07) is 30.4. The zero-order valence-electron chi connectivity index (χ0n) is 37.8. The van der Waals surface area contributed by atoms with Crippen molar-refractivity contribution in [1.29, 1.82) is 0 Å². The summed E-state index contributed by atoms with van der Waals surface area (Å²) in [5.41, 5.74) is 9.19. The first kappa shape index (κ1) is 49.2. The van der Waals surface area contributed by atoms with Crippen LogP contribution in [0.4, 0.5) is 11.4 Å². The number of aromatic nitrogens is 4. The number of imidazole rings is 1. The molecule has 0 spiro atoms. The zero-order valence-corrected chi connectivity index (χ0v) is 37.8. The first-order valence-electron chi connectivity index (χ1n) is 19.8. The minimum atomic E-state index is 0.500. The van der Waals surface area contributed by atoms with Crippen LogP contribution in [0, 0.1) is 21.7 Å². The largest absolute Gasteiger partial charge is 0.306 e. The van der Waals surface area contributed by atoms with E-state index >= 15 is 0 Å². The molecular formula is C50H74N6. The minimum absolute atomic E-state index is 0.500. The maximum Gasteiger partial charge on any atom is 0.0991 e. The van der Waals surface area contributed by atoms with Gasteiger partial charge in [-0.2, -0.15) is 5.10 Å². The van der Waals surface area contributed by atoms with Gasteiger partial charge in [0.2, 0.25) is 0 Å². The lowest BCUT2D eigenvalue weighted by Crippen LogP contribution is -1.93. The molecule has 1 N–H and O–H groups in total. The third kappa shape index (κ3) is 28.6. The SMILES string of the molecule is C1=Nc2ccccc2C1.C1=Nc2ccccc2C1.CC(C)(C)C.CC(C)(C)C.CC(C)(C)C.CC(C)(C)C.c1ccc2[nH]ncc2c1.c1ccn2cncc2c1. The number of nitrogens with one attached hydrogen (secondary N) is 1. The van der Waals surface area contributed by atoms with Crippen molar-refractivity contribution in [3.05, 3.63) is 127 Å². The van der Waals surface area contributed by atoms with Crippen LogP contribution in [0.2, 0.25) is 0 Å². The molecule has 6 aromatic rings. The van der Waals surface area contributed by atoms with Crippen molar-refractivity contribution in [2.24, 2.45) is 31.6 Å². The highest BCUT2D eigenvalue weighted by Crippen LogP contribution is 2.23. The number of pyridine rings is 1. The van der Waals surface area contributed by atoms with Gasteiger partial charge in [-0.3, -0.25) is 15.1 Å². The molecule has 0 aliphatic carbocycles. The maximum absolute atomic E-state index is 4.17. The van der Waals surface area contributed by atoms with Crippen molar-refractivity contribution in [3.8, 4) is 0 Å². The molecule has 6 heteroatoms. The summed E-state index contributed by atoms with van der Waals surface area (Å²) in [6.45, 7) is 35.0. The fourth-order valence-electron chi connectivity index (χ4n) is 3.85. The molecule has 304 valence electrons. The number of fused-ring (bicyclic) bond motifs is 4. The Hall–Kier alpha value is -4.84. The summed E-state index contributed by atoms with van der Waals surface area (Å²) in [7, 11) is 0. The van der Waals surface area contributed by atoms with Gasteiger partial charge in [0.25, 0.3) is 0 Å². The predicted molar refractivity (Wildman–Crippen MR) is 248 cm³/mol. The third-order valence-corrected chi connectivity index (χ3v) is 5.74. The highest BCUT2D eigenvalue weighted by atomic mass is 15.1. The van der Waals surface area contributed by atoms with Gasteiger partial charge in [0.1, 0.15) is 0 Å². The molecule has 2 aliphatic heterocycles. The number of aromatic amines is 1. The Morgan fingerprint density at radius 2 is 0.893 bits per heavy atom. The lowest BCUT2D eigenvalue weighted by Gasteiger charge is -2.05. The van der Waals surface area contributed by atoms with E-state index in [1.165, 1.54) is 11.1 Å². The van der Waals surface area contributed by atoms with E-state index in [2.05, 4.69) is 148 Å². The minimum Gasteiger partial charge on any atom is -0.306 e. The van der Waals surface area contributed by atoms with Gasteiger partial charge in [-0.1, -0.05) is 171 Å². The predicted octanol–water partition coefficient (Wildman–Crippen LogP) is 15.0. The van der Waals surface area contributed by atoms with Gasteiger partial charge < -0.3 is 4.40 Å². The van der Waals surface area contributed by atoms with Crippen LogP contribution in [-0.2, 0) is 12.8 Å². The van der Waals surface area contributed by atoms with Gasteiger partial charge in [0, 0.05) is 36.9 Å². The number of para-hydroxylation sites is 3. The molecule has 3 aromatic carbocycles. The molecule has 0 amide bonds. The molecule has 0 saturated carbocycles. The van der Waals surface area contributed by atoms with Crippen LogP contribution in [-0.4, -0.2) is 32.0 Å². The highest BCUT2D eigenvalue weighted by molar-refractivity contribution is 5.77. The van der Waals surface area contributed by atoms with Crippen LogP contribution < -0.4 is 0 Å². The van der Waals surface area contributed by atoms with Crippen LogP contribution >= 0.6 is 0 Å². The Labute approximate surface area is 341 Å². The fraction of sp³-hybridized carbons (Fsp3) is 0.440. The smallest absolute Gasteiger partial charge is 0.0991 e. The Morgan fingerprint density at radius 1 is 0.482 bits per heavy atom. The molecule has 0 saturated heterocycles. The number of nitrogens with zero attached hydrogens (tertiary/aromatic N) is 5. The van der Waals surface area contributed by atoms with E-state index in [1.54, 1.807) is 6.33 Å². The molecule has 0 unspecified atom stereocenters. The first-order valence-corrected chi connectivity index (χ1v) is 19.8. The van der Waals surface area contributed by atoms with E-state index in [4.69, 9.17) is 0 Å². The van der Waals surface area contributed by atoms with E-state index in [1.807, 2.05) is 114 Å². The van der Waals surface area contributed by atoms with Crippen molar-refractivity contribution >= 4 is 40.2 Å². The van der Waals surface area contributed by atoms with E-state index < -0.39 is 0 Å². The summed E-state index contributed by atoms with van der Waals surface area (Å²) < 4.78 is 1.97. The maximum atomic E-state index is 4.17. The van der Waals surface area contributed by atoms with Crippen LogP contribution in [0.5, 0.6) is 0 Å². The summed E-state index contributed by atoms with van der Waals surface area (Å²) in [5, 5.41) is 7.91. The van der Waals surface area contributed by atoms with E-state index in [9.17, 15) is 0 Å². The summed E-state index contributed by atoms with van der Waals surface area (Å²) in [5.74, 6) is 0. The molecule has 0 bridgehead atoms. The van der Waals surface area contributed by atoms with Gasteiger partial charge >= 0.3 is 0 Å². The molecule has 0 fully saturated rings. The second-order valence-corrected chi connectivity index (χ2v) is 20.2. The number of hydrogen-bond donors (Lipinski definition) is 1. The number of benzene rings is 3.